The fourth-order valence-electron chi connectivity index (χ4n) is 2.92. The minimum absolute atomic E-state index is 0.101. The third-order valence-corrected chi connectivity index (χ3v) is 4.17. The molecule has 0 atom stereocenters. The number of aromatic nitrogens is 3. The zero-order valence-corrected chi connectivity index (χ0v) is 13.6. The summed E-state index contributed by atoms with van der Waals surface area (Å²) in [6.07, 6.45) is 3.61. The summed E-state index contributed by atoms with van der Waals surface area (Å²) in [5, 5.41) is 2.93. The molecule has 0 bridgehead atoms. The molecule has 124 valence electrons. The van der Waals surface area contributed by atoms with Gasteiger partial charge in [-0.05, 0) is 35.4 Å². The molecule has 0 spiro atoms. The quantitative estimate of drug-likeness (QED) is 0.589. The van der Waals surface area contributed by atoms with Crippen molar-refractivity contribution in [2.45, 2.75) is 13.1 Å². The van der Waals surface area contributed by atoms with E-state index in [0.717, 1.165) is 23.1 Å². The van der Waals surface area contributed by atoms with E-state index in [1.165, 1.54) is 5.56 Å². The molecule has 5 heteroatoms. The van der Waals surface area contributed by atoms with Gasteiger partial charge >= 0.3 is 0 Å². The van der Waals surface area contributed by atoms with Gasteiger partial charge < -0.3 is 14.9 Å². The first kappa shape index (κ1) is 15.2. The molecule has 2 aromatic carbocycles. The van der Waals surface area contributed by atoms with E-state index in [9.17, 15) is 4.79 Å². The number of amides is 1. The number of rotatable bonds is 5. The first-order valence-corrected chi connectivity index (χ1v) is 8.19. The Bertz CT molecular complexity index is 1000. The predicted octanol–water partition coefficient (Wildman–Crippen LogP) is 3.34. The molecule has 5 nitrogen and oxygen atoms in total. The Morgan fingerprint density at radius 2 is 1.92 bits per heavy atom. The number of hydrogen-bond donors (Lipinski definition) is 2. The molecule has 0 aliphatic rings. The van der Waals surface area contributed by atoms with Crippen LogP contribution in [-0.2, 0) is 13.1 Å². The van der Waals surface area contributed by atoms with E-state index < -0.39 is 0 Å². The van der Waals surface area contributed by atoms with Gasteiger partial charge in [-0.1, -0.05) is 36.4 Å². The van der Waals surface area contributed by atoms with Crippen LogP contribution in [0.1, 0.15) is 21.6 Å². The van der Waals surface area contributed by atoms with Crippen molar-refractivity contribution in [2.75, 3.05) is 0 Å². The SMILES string of the molecule is O=C(NCc1cccc(Cn2cnc3ccccc32)c1)c1ccc[nH]1. The number of nitrogens with one attached hydrogen (secondary N) is 2. The lowest BCUT2D eigenvalue weighted by Gasteiger charge is -2.08. The highest BCUT2D eigenvalue weighted by Crippen LogP contribution is 2.15. The molecular formula is C20H18N4O. The molecule has 25 heavy (non-hydrogen) atoms. The van der Waals surface area contributed by atoms with Gasteiger partial charge in [0.25, 0.3) is 5.91 Å². The number of imidazole rings is 1. The second kappa shape index (κ2) is 6.65. The van der Waals surface area contributed by atoms with E-state index in [-0.39, 0.29) is 5.91 Å². The van der Waals surface area contributed by atoms with Crippen LogP contribution in [0.25, 0.3) is 11.0 Å². The summed E-state index contributed by atoms with van der Waals surface area (Å²) in [5.74, 6) is -0.101. The number of carbonyl (C=O) groups excluding carboxylic acids is 1. The number of para-hydroxylation sites is 2. The van der Waals surface area contributed by atoms with Gasteiger partial charge in [0.15, 0.2) is 0 Å². The van der Waals surface area contributed by atoms with Gasteiger partial charge in [0.2, 0.25) is 0 Å². The van der Waals surface area contributed by atoms with Crippen LogP contribution < -0.4 is 5.32 Å². The van der Waals surface area contributed by atoms with Crippen LogP contribution in [0.4, 0.5) is 0 Å². The summed E-state index contributed by atoms with van der Waals surface area (Å²) in [6.45, 7) is 1.25. The van der Waals surface area contributed by atoms with Gasteiger partial charge in [-0.15, -0.1) is 0 Å². The van der Waals surface area contributed by atoms with E-state index in [4.69, 9.17) is 0 Å². The standard InChI is InChI=1S/C20H18N4O/c25-20(18-8-4-10-21-18)22-12-15-5-3-6-16(11-15)13-24-14-23-17-7-1-2-9-19(17)24/h1-11,14,21H,12-13H2,(H,22,25). The lowest BCUT2D eigenvalue weighted by Crippen LogP contribution is -2.23. The van der Waals surface area contributed by atoms with Crippen molar-refractivity contribution in [3.63, 3.8) is 0 Å². The summed E-state index contributed by atoms with van der Waals surface area (Å²) in [5.41, 5.74) is 4.93. The van der Waals surface area contributed by atoms with Crippen LogP contribution in [0.5, 0.6) is 0 Å². The number of H-pyrrole nitrogens is 1. The second-order valence-corrected chi connectivity index (χ2v) is 5.95. The summed E-state index contributed by atoms with van der Waals surface area (Å²) < 4.78 is 2.13. The maximum absolute atomic E-state index is 12.0. The largest absolute Gasteiger partial charge is 0.357 e. The Hall–Kier alpha value is -3.34. The fraction of sp³-hybridized carbons (Fsp3) is 0.100. The second-order valence-electron chi connectivity index (χ2n) is 5.95. The molecule has 0 fully saturated rings. The van der Waals surface area contributed by atoms with Crippen molar-refractivity contribution in [1.29, 1.82) is 0 Å². The average molecular weight is 330 g/mol. The Labute approximate surface area is 145 Å². The first-order valence-electron chi connectivity index (χ1n) is 8.19. The lowest BCUT2D eigenvalue weighted by atomic mass is 10.1. The number of benzene rings is 2. The third kappa shape index (κ3) is 3.30. The smallest absolute Gasteiger partial charge is 0.267 e. The summed E-state index contributed by atoms with van der Waals surface area (Å²) in [6, 6.07) is 19.9. The highest BCUT2D eigenvalue weighted by Gasteiger charge is 2.06. The molecule has 2 aromatic heterocycles. The Morgan fingerprint density at radius 1 is 1.04 bits per heavy atom. The van der Waals surface area contributed by atoms with Crippen molar-refractivity contribution in [2.24, 2.45) is 0 Å². The van der Waals surface area contributed by atoms with E-state index >= 15 is 0 Å². The first-order chi connectivity index (χ1) is 12.3. The molecule has 0 saturated heterocycles. The van der Waals surface area contributed by atoms with Crippen LogP contribution >= 0.6 is 0 Å². The molecular weight excluding hydrogens is 312 g/mol. The van der Waals surface area contributed by atoms with Crippen molar-refractivity contribution >= 4 is 16.9 Å². The minimum Gasteiger partial charge on any atom is -0.357 e. The lowest BCUT2D eigenvalue weighted by molar-refractivity contribution is 0.0946. The van der Waals surface area contributed by atoms with E-state index in [1.54, 1.807) is 12.3 Å². The monoisotopic (exact) mass is 330 g/mol. The topological polar surface area (TPSA) is 62.7 Å². The molecule has 2 heterocycles. The van der Waals surface area contributed by atoms with Gasteiger partial charge in [0.05, 0.1) is 17.4 Å². The molecule has 0 aliphatic heterocycles. The molecule has 2 N–H and O–H groups in total. The predicted molar refractivity (Wildman–Crippen MR) is 97.2 cm³/mol. The molecule has 0 radical (unpaired) electrons. The van der Waals surface area contributed by atoms with Crippen molar-refractivity contribution in [3.8, 4) is 0 Å². The molecule has 4 rings (SSSR count). The van der Waals surface area contributed by atoms with Crippen LogP contribution in [0.2, 0.25) is 0 Å². The fourth-order valence-corrected chi connectivity index (χ4v) is 2.92. The highest BCUT2D eigenvalue weighted by atomic mass is 16.1. The minimum atomic E-state index is -0.101. The molecule has 0 saturated carbocycles. The van der Waals surface area contributed by atoms with Gasteiger partial charge in [-0.25, -0.2) is 4.98 Å². The van der Waals surface area contributed by atoms with E-state index in [2.05, 4.69) is 38.1 Å². The Balaban J connectivity index is 1.47. The van der Waals surface area contributed by atoms with Crippen molar-refractivity contribution < 1.29 is 4.79 Å². The number of fused-ring (bicyclic) bond motifs is 1. The zero-order valence-electron chi connectivity index (χ0n) is 13.6. The van der Waals surface area contributed by atoms with Crippen LogP contribution in [0.3, 0.4) is 0 Å². The Morgan fingerprint density at radius 3 is 2.80 bits per heavy atom. The van der Waals surface area contributed by atoms with Gasteiger partial charge in [-0.2, -0.15) is 0 Å². The number of aromatic amines is 1. The van der Waals surface area contributed by atoms with E-state index in [1.807, 2.05) is 42.7 Å². The molecule has 4 aromatic rings. The summed E-state index contributed by atoms with van der Waals surface area (Å²) >= 11 is 0. The Kier molecular flexibility index (Phi) is 4.04. The van der Waals surface area contributed by atoms with E-state index in [0.29, 0.717) is 12.2 Å². The van der Waals surface area contributed by atoms with Crippen LogP contribution in [-0.4, -0.2) is 20.4 Å². The molecule has 1 amide bonds. The normalized spacial score (nSPS) is 10.9. The maximum atomic E-state index is 12.0. The molecule has 0 unspecified atom stereocenters. The van der Waals surface area contributed by atoms with Gasteiger partial charge in [-0.3, -0.25) is 4.79 Å². The molecule has 0 aliphatic carbocycles. The van der Waals surface area contributed by atoms with Crippen molar-refractivity contribution in [3.05, 3.63) is 90.0 Å². The summed E-state index contributed by atoms with van der Waals surface area (Å²) in [4.78, 5) is 19.3. The number of hydrogen-bond acceptors (Lipinski definition) is 2. The number of carbonyl (C=O) groups is 1. The highest BCUT2D eigenvalue weighted by molar-refractivity contribution is 5.92. The van der Waals surface area contributed by atoms with Crippen LogP contribution in [0, 0.1) is 0 Å². The zero-order chi connectivity index (χ0) is 17.1. The number of nitrogens with zero attached hydrogens (tertiary/aromatic N) is 2. The van der Waals surface area contributed by atoms with Crippen molar-refractivity contribution in [1.82, 2.24) is 19.9 Å². The average Bonchev–Trinajstić information content (AvgIpc) is 3.31. The maximum Gasteiger partial charge on any atom is 0.267 e. The van der Waals surface area contributed by atoms with Gasteiger partial charge in [0, 0.05) is 19.3 Å². The third-order valence-electron chi connectivity index (χ3n) is 4.17. The van der Waals surface area contributed by atoms with Crippen LogP contribution in [0.15, 0.2) is 73.2 Å². The summed E-state index contributed by atoms with van der Waals surface area (Å²) in [7, 11) is 0. The van der Waals surface area contributed by atoms with Gasteiger partial charge in [0.1, 0.15) is 5.69 Å².